The molecular weight excluding hydrogens is 811 g/mol. The Balaban J connectivity index is 0.985. The molecule has 63 heavy (non-hydrogen) atoms. The molecule has 0 amide bonds. The van der Waals surface area contributed by atoms with Crippen molar-refractivity contribution < 1.29 is 30.8 Å². The van der Waals surface area contributed by atoms with Crippen LogP contribution in [0, 0.1) is 0 Å². The van der Waals surface area contributed by atoms with Crippen molar-refractivity contribution in [3.05, 3.63) is 218 Å². The van der Waals surface area contributed by atoms with Gasteiger partial charge in [-0.25, -0.2) is 0 Å². The summed E-state index contributed by atoms with van der Waals surface area (Å²) in [5, 5.41) is 0. The fourth-order valence-electron chi connectivity index (χ4n) is 7.29. The van der Waals surface area contributed by atoms with Crippen molar-refractivity contribution >= 4 is 34.1 Å². The van der Waals surface area contributed by atoms with Crippen molar-refractivity contribution in [2.24, 2.45) is 0 Å². The van der Waals surface area contributed by atoms with Gasteiger partial charge in [-0.3, -0.25) is 9.97 Å². The maximum Gasteiger partial charge on any atom is 0.416 e. The van der Waals surface area contributed by atoms with E-state index in [4.69, 9.17) is 4.42 Å². The van der Waals surface area contributed by atoms with Crippen molar-refractivity contribution in [1.29, 1.82) is 0 Å². The molecule has 310 valence electrons. The number of anilines is 6. The second-order valence-corrected chi connectivity index (χ2v) is 14.6. The highest BCUT2D eigenvalue weighted by Gasteiger charge is 2.31. The quantitative estimate of drug-likeness (QED) is 0.128. The van der Waals surface area contributed by atoms with Gasteiger partial charge in [-0.05, 0) is 133 Å². The molecule has 3 aromatic heterocycles. The first-order chi connectivity index (χ1) is 30.5. The largest absolute Gasteiger partial charge is 0.456 e. The molecule has 0 saturated heterocycles. The van der Waals surface area contributed by atoms with Crippen molar-refractivity contribution in [1.82, 2.24) is 9.97 Å². The van der Waals surface area contributed by atoms with Gasteiger partial charge in [0.15, 0.2) is 0 Å². The van der Waals surface area contributed by atoms with Crippen molar-refractivity contribution in [3.8, 4) is 45.2 Å². The number of hydrogen-bond acceptors (Lipinski definition) is 5. The zero-order valence-corrected chi connectivity index (χ0v) is 33.1. The second-order valence-electron chi connectivity index (χ2n) is 14.6. The van der Waals surface area contributed by atoms with Crippen LogP contribution in [0.2, 0.25) is 0 Å². The molecule has 3 heterocycles. The summed E-state index contributed by atoms with van der Waals surface area (Å²) >= 11 is 0. The summed E-state index contributed by atoms with van der Waals surface area (Å²) in [6.07, 6.45) is -5.56. The number of nitrogens with zero attached hydrogens (tertiary/aromatic N) is 4. The summed E-state index contributed by atoms with van der Waals surface area (Å²) in [5.74, 6) is 1.18. The van der Waals surface area contributed by atoms with Gasteiger partial charge in [-0.15, -0.1) is 0 Å². The van der Waals surface area contributed by atoms with Gasteiger partial charge in [-0.1, -0.05) is 60.7 Å². The first-order valence-corrected chi connectivity index (χ1v) is 19.8. The Morgan fingerprint density at radius 1 is 0.317 bits per heavy atom. The molecule has 0 aliphatic heterocycles. The Bertz CT molecular complexity index is 2710. The SMILES string of the molecule is FC(F)(F)c1ccc(N(c2ccc(-c3ccc(-c4ccc(N(c5ccc(C(F)(F)F)cc5)c5ccc(-c6ccccc6)nc5)cc4)o3)cc2)c2ccc(-c3ccccc3)nc2)cc1. The van der Waals surface area contributed by atoms with Gasteiger partial charge in [0.05, 0.1) is 46.3 Å². The van der Waals surface area contributed by atoms with Crippen LogP contribution >= 0.6 is 0 Å². The number of alkyl halides is 6. The molecule has 0 aliphatic carbocycles. The van der Waals surface area contributed by atoms with Crippen LogP contribution in [0.3, 0.4) is 0 Å². The van der Waals surface area contributed by atoms with Crippen LogP contribution in [0.1, 0.15) is 11.1 Å². The van der Waals surface area contributed by atoms with Crippen LogP contribution in [-0.4, -0.2) is 9.97 Å². The Kier molecular flexibility index (Phi) is 10.8. The highest BCUT2D eigenvalue weighted by Crippen LogP contribution is 2.41. The zero-order chi connectivity index (χ0) is 43.6. The van der Waals surface area contributed by atoms with E-state index >= 15 is 0 Å². The Morgan fingerprint density at radius 3 is 0.937 bits per heavy atom. The van der Waals surface area contributed by atoms with E-state index in [1.165, 1.54) is 24.3 Å². The predicted octanol–water partition coefficient (Wildman–Crippen LogP) is 15.7. The first kappa shape index (κ1) is 40.5. The Labute approximate surface area is 358 Å². The normalized spacial score (nSPS) is 11.7. The van der Waals surface area contributed by atoms with Crippen molar-refractivity contribution in [2.45, 2.75) is 12.4 Å². The van der Waals surface area contributed by atoms with E-state index in [9.17, 15) is 26.3 Å². The maximum atomic E-state index is 13.5. The minimum Gasteiger partial charge on any atom is -0.456 e. The summed E-state index contributed by atoms with van der Waals surface area (Å²) in [6, 6.07) is 55.6. The van der Waals surface area contributed by atoms with Gasteiger partial charge in [0.25, 0.3) is 0 Å². The molecule has 0 saturated carbocycles. The fourth-order valence-corrected chi connectivity index (χ4v) is 7.29. The molecule has 0 aliphatic rings. The Hall–Kier alpha value is -7.92. The summed E-state index contributed by atoms with van der Waals surface area (Å²) < 4.78 is 87.3. The summed E-state index contributed by atoms with van der Waals surface area (Å²) in [4.78, 5) is 13.0. The van der Waals surface area contributed by atoms with Crippen LogP contribution in [0.4, 0.5) is 60.5 Å². The van der Waals surface area contributed by atoms with Crippen LogP contribution in [-0.2, 0) is 12.4 Å². The van der Waals surface area contributed by atoms with Gasteiger partial charge in [0.2, 0.25) is 0 Å². The minimum absolute atomic E-state index is 0.520. The third-order valence-corrected chi connectivity index (χ3v) is 10.5. The fraction of sp³-hybridized carbons (Fsp3) is 0.0385. The third-order valence-electron chi connectivity index (χ3n) is 10.5. The zero-order valence-electron chi connectivity index (χ0n) is 33.1. The van der Waals surface area contributed by atoms with E-state index in [1.807, 2.05) is 155 Å². The summed E-state index contributed by atoms with van der Waals surface area (Å²) in [5.41, 5.74) is 7.17. The van der Waals surface area contributed by atoms with Crippen LogP contribution in [0.5, 0.6) is 0 Å². The van der Waals surface area contributed by atoms with E-state index in [0.29, 0.717) is 45.6 Å². The van der Waals surface area contributed by atoms with E-state index in [0.717, 1.165) is 57.9 Å². The predicted molar refractivity (Wildman–Crippen MR) is 235 cm³/mol. The van der Waals surface area contributed by atoms with Gasteiger partial charge >= 0.3 is 12.4 Å². The van der Waals surface area contributed by atoms with E-state index in [2.05, 4.69) is 9.97 Å². The highest BCUT2D eigenvalue weighted by atomic mass is 19.4. The van der Waals surface area contributed by atoms with Crippen LogP contribution in [0.15, 0.2) is 211 Å². The molecule has 6 aromatic carbocycles. The number of rotatable bonds is 10. The van der Waals surface area contributed by atoms with Crippen molar-refractivity contribution in [3.63, 3.8) is 0 Å². The second kappa shape index (κ2) is 16.9. The number of benzene rings is 6. The van der Waals surface area contributed by atoms with Gasteiger partial charge in [-0.2, -0.15) is 26.3 Å². The molecule has 0 unspecified atom stereocenters. The van der Waals surface area contributed by atoms with Gasteiger partial charge in [0.1, 0.15) is 11.5 Å². The molecule has 0 N–H and O–H groups in total. The number of aromatic nitrogens is 2. The lowest BCUT2D eigenvalue weighted by molar-refractivity contribution is -0.138. The molecule has 0 fully saturated rings. The van der Waals surface area contributed by atoms with E-state index in [-0.39, 0.29) is 0 Å². The number of hydrogen-bond donors (Lipinski definition) is 0. The topological polar surface area (TPSA) is 45.4 Å². The highest BCUT2D eigenvalue weighted by molar-refractivity contribution is 5.80. The average Bonchev–Trinajstić information content (AvgIpc) is 3.81. The minimum atomic E-state index is -4.47. The van der Waals surface area contributed by atoms with Gasteiger partial charge < -0.3 is 14.2 Å². The lowest BCUT2D eigenvalue weighted by Gasteiger charge is -2.26. The third kappa shape index (κ3) is 8.80. The number of pyridine rings is 2. The number of furan rings is 1. The standard InChI is InChI=1S/C52H34F6N4O/c53-51(54,55)39-15-23-43(24-16-39)61(45-27-29-47(59-33-45)35-7-3-1-4-8-35)41-19-11-37(12-20-41)49-31-32-50(63-49)38-13-21-42(22-14-38)62(44-25-17-40(18-26-44)52(56,57)58)46-28-30-48(60-34-46)36-9-5-2-6-10-36/h1-34H. The van der Waals surface area contributed by atoms with E-state index < -0.39 is 23.5 Å². The lowest BCUT2D eigenvalue weighted by atomic mass is 10.1. The monoisotopic (exact) mass is 844 g/mol. The first-order valence-electron chi connectivity index (χ1n) is 19.8. The molecule has 0 spiro atoms. The molecule has 0 radical (unpaired) electrons. The smallest absolute Gasteiger partial charge is 0.416 e. The van der Waals surface area contributed by atoms with Crippen LogP contribution in [0.25, 0.3) is 45.2 Å². The molecule has 11 heteroatoms. The maximum absolute atomic E-state index is 13.5. The molecular formula is C52H34F6N4O. The number of halogens is 6. The average molecular weight is 845 g/mol. The molecule has 5 nitrogen and oxygen atoms in total. The molecule has 9 rings (SSSR count). The van der Waals surface area contributed by atoms with E-state index in [1.54, 1.807) is 12.4 Å². The summed E-state index contributed by atoms with van der Waals surface area (Å²) in [7, 11) is 0. The molecule has 9 aromatic rings. The van der Waals surface area contributed by atoms with Gasteiger partial charge in [0, 0.05) is 45.0 Å². The van der Waals surface area contributed by atoms with Crippen LogP contribution < -0.4 is 9.80 Å². The lowest BCUT2D eigenvalue weighted by Crippen LogP contribution is -2.11. The molecule has 0 bridgehead atoms. The summed E-state index contributed by atoms with van der Waals surface area (Å²) in [6.45, 7) is 0. The Morgan fingerprint density at radius 2 is 0.635 bits per heavy atom. The molecule has 0 atom stereocenters. The van der Waals surface area contributed by atoms with Crippen molar-refractivity contribution in [2.75, 3.05) is 9.80 Å².